The minimum absolute atomic E-state index is 0.345. The first-order chi connectivity index (χ1) is 10.7. The largest absolute Gasteiger partial charge is 0.497 e. The van der Waals surface area contributed by atoms with Crippen LogP contribution in [0.3, 0.4) is 0 Å². The Morgan fingerprint density at radius 3 is 2.50 bits per heavy atom. The van der Waals surface area contributed by atoms with Crippen molar-refractivity contribution in [3.8, 4) is 11.5 Å². The van der Waals surface area contributed by atoms with Gasteiger partial charge in [0.2, 0.25) is 0 Å². The molecule has 0 saturated heterocycles. The molecule has 2 aromatic rings. The van der Waals surface area contributed by atoms with Gasteiger partial charge in [-0.05, 0) is 60.3 Å². The van der Waals surface area contributed by atoms with Crippen LogP contribution in [-0.4, -0.2) is 27.3 Å². The molecule has 0 fully saturated rings. The molecule has 22 heavy (non-hydrogen) atoms. The first-order valence-electron chi connectivity index (χ1n) is 7.75. The van der Waals surface area contributed by atoms with Gasteiger partial charge in [-0.1, -0.05) is 18.2 Å². The third-order valence-corrected chi connectivity index (χ3v) is 4.47. The first kappa shape index (κ1) is 14.9. The second-order valence-electron chi connectivity index (χ2n) is 5.80. The molecule has 1 aliphatic heterocycles. The molecule has 0 saturated carbocycles. The number of hydrogen-bond donors (Lipinski definition) is 1. The van der Waals surface area contributed by atoms with Gasteiger partial charge in [0.1, 0.15) is 11.5 Å². The van der Waals surface area contributed by atoms with Gasteiger partial charge in [0.25, 0.3) is 0 Å². The van der Waals surface area contributed by atoms with Gasteiger partial charge in [0.15, 0.2) is 0 Å². The SMILES string of the molecule is COc1ccc(C2CNCCc3cc(C)c(OC)cc32)cc1. The van der Waals surface area contributed by atoms with Crippen molar-refractivity contribution in [2.75, 3.05) is 27.3 Å². The molecule has 1 N–H and O–H groups in total. The lowest BCUT2D eigenvalue weighted by molar-refractivity contribution is 0.410. The molecular weight excluding hydrogens is 274 g/mol. The zero-order chi connectivity index (χ0) is 15.5. The summed E-state index contributed by atoms with van der Waals surface area (Å²) in [7, 11) is 3.44. The van der Waals surface area contributed by atoms with Gasteiger partial charge in [0, 0.05) is 12.5 Å². The van der Waals surface area contributed by atoms with Gasteiger partial charge in [-0.15, -0.1) is 0 Å². The van der Waals surface area contributed by atoms with E-state index in [2.05, 4.69) is 36.5 Å². The molecular formula is C19H23NO2. The molecule has 0 aliphatic carbocycles. The van der Waals surface area contributed by atoms with Crippen molar-refractivity contribution in [2.45, 2.75) is 19.3 Å². The van der Waals surface area contributed by atoms with Crippen LogP contribution >= 0.6 is 0 Å². The van der Waals surface area contributed by atoms with E-state index in [0.717, 1.165) is 31.0 Å². The molecule has 1 unspecified atom stereocenters. The Morgan fingerprint density at radius 2 is 1.82 bits per heavy atom. The van der Waals surface area contributed by atoms with Gasteiger partial charge in [-0.3, -0.25) is 0 Å². The van der Waals surface area contributed by atoms with E-state index in [9.17, 15) is 0 Å². The van der Waals surface area contributed by atoms with Crippen LogP contribution in [0.4, 0.5) is 0 Å². The van der Waals surface area contributed by atoms with Gasteiger partial charge in [-0.2, -0.15) is 0 Å². The van der Waals surface area contributed by atoms with Crippen LogP contribution in [0.5, 0.6) is 11.5 Å². The van der Waals surface area contributed by atoms with Crippen molar-refractivity contribution >= 4 is 0 Å². The van der Waals surface area contributed by atoms with E-state index < -0.39 is 0 Å². The van der Waals surface area contributed by atoms with Crippen molar-refractivity contribution < 1.29 is 9.47 Å². The smallest absolute Gasteiger partial charge is 0.122 e. The number of methoxy groups -OCH3 is 2. The normalized spacial score (nSPS) is 17.5. The van der Waals surface area contributed by atoms with Crippen LogP contribution in [0.25, 0.3) is 0 Å². The molecule has 0 radical (unpaired) electrons. The third-order valence-electron chi connectivity index (χ3n) is 4.47. The molecule has 3 nitrogen and oxygen atoms in total. The summed E-state index contributed by atoms with van der Waals surface area (Å²) in [4.78, 5) is 0. The van der Waals surface area contributed by atoms with Crippen molar-refractivity contribution in [3.63, 3.8) is 0 Å². The van der Waals surface area contributed by atoms with Gasteiger partial charge >= 0.3 is 0 Å². The lowest BCUT2D eigenvalue weighted by Gasteiger charge is -2.20. The Hall–Kier alpha value is -2.00. The van der Waals surface area contributed by atoms with Crippen LogP contribution in [0.15, 0.2) is 36.4 Å². The van der Waals surface area contributed by atoms with E-state index in [1.165, 1.54) is 22.3 Å². The predicted octanol–water partition coefficient (Wildman–Crippen LogP) is 3.29. The molecule has 1 aliphatic rings. The molecule has 0 amide bonds. The number of hydrogen-bond acceptors (Lipinski definition) is 3. The van der Waals surface area contributed by atoms with Crippen molar-refractivity contribution in [1.29, 1.82) is 0 Å². The highest BCUT2D eigenvalue weighted by Crippen LogP contribution is 2.34. The summed E-state index contributed by atoms with van der Waals surface area (Å²) in [6.07, 6.45) is 1.06. The molecule has 2 aromatic carbocycles. The zero-order valence-corrected chi connectivity index (χ0v) is 13.5. The lowest BCUT2D eigenvalue weighted by Crippen LogP contribution is -2.20. The fraction of sp³-hybridized carbons (Fsp3) is 0.368. The maximum Gasteiger partial charge on any atom is 0.122 e. The summed E-state index contributed by atoms with van der Waals surface area (Å²) in [6, 6.07) is 12.9. The predicted molar refractivity (Wildman–Crippen MR) is 89.1 cm³/mol. The number of benzene rings is 2. The second-order valence-corrected chi connectivity index (χ2v) is 5.80. The molecule has 116 valence electrons. The summed E-state index contributed by atoms with van der Waals surface area (Å²) >= 11 is 0. The minimum atomic E-state index is 0.345. The summed E-state index contributed by atoms with van der Waals surface area (Å²) in [6.45, 7) is 4.08. The minimum Gasteiger partial charge on any atom is -0.497 e. The summed E-state index contributed by atoms with van der Waals surface area (Å²) in [5.74, 6) is 2.21. The van der Waals surface area contributed by atoms with Crippen LogP contribution in [0.1, 0.15) is 28.2 Å². The molecule has 1 heterocycles. The van der Waals surface area contributed by atoms with Gasteiger partial charge in [0.05, 0.1) is 14.2 Å². The van der Waals surface area contributed by atoms with Crippen LogP contribution < -0.4 is 14.8 Å². The maximum absolute atomic E-state index is 5.53. The maximum atomic E-state index is 5.53. The zero-order valence-electron chi connectivity index (χ0n) is 13.5. The Morgan fingerprint density at radius 1 is 1.05 bits per heavy atom. The molecule has 0 spiro atoms. The average molecular weight is 297 g/mol. The Balaban J connectivity index is 2.05. The number of nitrogens with one attached hydrogen (secondary N) is 1. The fourth-order valence-electron chi connectivity index (χ4n) is 3.24. The molecule has 0 aromatic heterocycles. The monoisotopic (exact) mass is 297 g/mol. The third kappa shape index (κ3) is 2.81. The van der Waals surface area contributed by atoms with E-state index in [-0.39, 0.29) is 0 Å². The standard InChI is InChI=1S/C19H23NO2/c1-13-10-15-8-9-20-12-18(17(15)11-19(13)22-3)14-4-6-16(21-2)7-5-14/h4-7,10-11,18,20H,8-9,12H2,1-3H3. The Bertz CT molecular complexity index is 649. The summed E-state index contributed by atoms with van der Waals surface area (Å²) in [5.41, 5.74) is 5.31. The quantitative estimate of drug-likeness (QED) is 0.943. The van der Waals surface area contributed by atoms with Gasteiger partial charge in [-0.25, -0.2) is 0 Å². The molecule has 3 rings (SSSR count). The van der Waals surface area contributed by atoms with E-state index in [1.807, 2.05) is 12.1 Å². The highest BCUT2D eigenvalue weighted by molar-refractivity contribution is 5.48. The van der Waals surface area contributed by atoms with Crippen molar-refractivity contribution in [1.82, 2.24) is 5.32 Å². The van der Waals surface area contributed by atoms with Crippen LogP contribution in [-0.2, 0) is 6.42 Å². The van der Waals surface area contributed by atoms with E-state index in [1.54, 1.807) is 14.2 Å². The van der Waals surface area contributed by atoms with Crippen molar-refractivity contribution in [3.05, 3.63) is 58.7 Å². The second kappa shape index (κ2) is 6.41. The Labute approximate surface area is 132 Å². The molecule has 0 bridgehead atoms. The highest BCUT2D eigenvalue weighted by atomic mass is 16.5. The number of rotatable bonds is 3. The summed E-state index contributed by atoms with van der Waals surface area (Å²) in [5, 5.41) is 3.56. The number of aryl methyl sites for hydroxylation is 1. The number of ether oxygens (including phenoxy) is 2. The first-order valence-corrected chi connectivity index (χ1v) is 7.75. The van der Waals surface area contributed by atoms with Gasteiger partial charge < -0.3 is 14.8 Å². The average Bonchev–Trinajstić information content (AvgIpc) is 2.76. The number of fused-ring (bicyclic) bond motifs is 1. The van der Waals surface area contributed by atoms with Crippen LogP contribution in [0, 0.1) is 6.92 Å². The highest BCUT2D eigenvalue weighted by Gasteiger charge is 2.21. The van der Waals surface area contributed by atoms with E-state index in [0.29, 0.717) is 5.92 Å². The Kier molecular flexibility index (Phi) is 4.34. The topological polar surface area (TPSA) is 30.5 Å². The van der Waals surface area contributed by atoms with E-state index >= 15 is 0 Å². The van der Waals surface area contributed by atoms with Crippen LogP contribution in [0.2, 0.25) is 0 Å². The fourth-order valence-corrected chi connectivity index (χ4v) is 3.24. The van der Waals surface area contributed by atoms with E-state index in [4.69, 9.17) is 9.47 Å². The molecule has 1 atom stereocenters. The lowest BCUT2D eigenvalue weighted by atomic mass is 9.87. The van der Waals surface area contributed by atoms with Crippen molar-refractivity contribution in [2.24, 2.45) is 0 Å². The molecule has 3 heteroatoms. The summed E-state index contributed by atoms with van der Waals surface area (Å²) < 4.78 is 10.8.